The molecule has 0 saturated carbocycles. The van der Waals surface area contributed by atoms with Crippen molar-refractivity contribution in [2.24, 2.45) is 0 Å². The van der Waals surface area contributed by atoms with Crippen molar-refractivity contribution in [3.05, 3.63) is 30.3 Å². The lowest BCUT2D eigenvalue weighted by Gasteiger charge is -2.26. The molecule has 5 nitrogen and oxygen atoms in total. The monoisotopic (exact) mass is 383 g/mol. The van der Waals surface area contributed by atoms with Crippen LogP contribution in [0.5, 0.6) is 5.75 Å². The number of esters is 1. The second kappa shape index (κ2) is 6.04. The minimum atomic E-state index is -3.18. The number of ether oxygens (including phenoxy) is 1. The Morgan fingerprint density at radius 3 is 2.39 bits per heavy atom. The van der Waals surface area contributed by atoms with Gasteiger partial charge in [-0.3, -0.25) is 4.79 Å². The number of rotatable bonds is 5. The van der Waals surface area contributed by atoms with Crippen LogP contribution in [0.4, 0.5) is 0 Å². The summed E-state index contributed by atoms with van der Waals surface area (Å²) in [6.45, 7) is 3.16. The number of hydrogen-bond donors (Lipinski definition) is 1. The largest absolute Gasteiger partial charge is 0.468 e. The summed E-state index contributed by atoms with van der Waals surface area (Å²) in [5.41, 5.74) is -1.08. The molecule has 1 unspecified atom stereocenters. The van der Waals surface area contributed by atoms with E-state index in [2.05, 4.69) is 9.82 Å². The Morgan fingerprint density at radius 2 is 1.89 bits per heavy atom. The summed E-state index contributed by atoms with van der Waals surface area (Å²) in [7, 11) is 1.28. The molecule has 18 heavy (non-hydrogen) atoms. The van der Waals surface area contributed by atoms with Gasteiger partial charge in [0.15, 0.2) is 0 Å². The molecule has 1 N–H and O–H groups in total. The summed E-state index contributed by atoms with van der Waals surface area (Å²) >= 11 is 1.67. The summed E-state index contributed by atoms with van der Waals surface area (Å²) in [6.07, 6.45) is 0. The summed E-state index contributed by atoms with van der Waals surface area (Å²) in [4.78, 5) is 11.5. The van der Waals surface area contributed by atoms with Gasteiger partial charge in [0.25, 0.3) is 0 Å². The second-order valence-corrected chi connectivity index (χ2v) is 9.29. The molecular weight excluding hydrogens is 368 g/mol. The molecule has 0 bridgehead atoms. The molecule has 0 radical (unpaired) electrons. The first-order valence-electron chi connectivity index (χ1n) is 5.19. The van der Waals surface area contributed by atoms with E-state index in [9.17, 15) is 9.36 Å². The lowest BCUT2D eigenvalue weighted by atomic mass is 10.1. The number of carbonyl (C=O) groups is 1. The summed E-state index contributed by atoms with van der Waals surface area (Å²) in [5, 5.41) is -0.507. The maximum absolute atomic E-state index is 12.3. The van der Waals surface area contributed by atoms with E-state index in [4.69, 9.17) is 4.52 Å². The van der Waals surface area contributed by atoms with E-state index in [-0.39, 0.29) is 0 Å². The van der Waals surface area contributed by atoms with Gasteiger partial charge in [0.05, 0.1) is 29.2 Å². The highest BCUT2D eigenvalue weighted by molar-refractivity contribution is 14.2. The molecule has 0 aromatic heterocycles. The number of benzene rings is 1. The SMILES string of the molecule is COC(=O)C(C)(C)NP(=O)(I)Oc1ccccc1. The Morgan fingerprint density at radius 1 is 1.33 bits per heavy atom. The lowest BCUT2D eigenvalue weighted by Crippen LogP contribution is -2.45. The summed E-state index contributed by atoms with van der Waals surface area (Å²) in [6, 6.07) is 8.77. The average Bonchev–Trinajstić information content (AvgIpc) is 2.27. The van der Waals surface area contributed by atoms with E-state index in [0.717, 1.165) is 0 Å². The van der Waals surface area contributed by atoms with E-state index >= 15 is 0 Å². The van der Waals surface area contributed by atoms with Gasteiger partial charge in [0, 0.05) is 0 Å². The fourth-order valence-electron chi connectivity index (χ4n) is 1.27. The van der Waals surface area contributed by atoms with Crippen LogP contribution in [-0.2, 0) is 14.1 Å². The van der Waals surface area contributed by atoms with Crippen LogP contribution in [-0.4, -0.2) is 18.6 Å². The van der Waals surface area contributed by atoms with Crippen molar-refractivity contribution in [1.82, 2.24) is 5.09 Å². The first-order chi connectivity index (χ1) is 8.27. The molecule has 0 aliphatic rings. The lowest BCUT2D eigenvalue weighted by molar-refractivity contribution is -0.146. The van der Waals surface area contributed by atoms with E-state index in [1.54, 1.807) is 60.2 Å². The van der Waals surface area contributed by atoms with E-state index in [1.165, 1.54) is 7.11 Å². The number of hydrogen-bond acceptors (Lipinski definition) is 4. The zero-order chi connectivity index (χ0) is 13.8. The van der Waals surface area contributed by atoms with Gasteiger partial charge in [-0.25, -0.2) is 9.65 Å². The van der Waals surface area contributed by atoms with Crippen molar-refractivity contribution < 1.29 is 18.6 Å². The van der Waals surface area contributed by atoms with Gasteiger partial charge in [-0.05, 0) is 26.0 Å². The normalized spacial score (nSPS) is 14.7. The highest BCUT2D eigenvalue weighted by atomic mass is 127. The van der Waals surface area contributed by atoms with Gasteiger partial charge >= 0.3 is 11.1 Å². The van der Waals surface area contributed by atoms with Crippen LogP contribution < -0.4 is 9.61 Å². The number of methoxy groups -OCH3 is 1. The van der Waals surface area contributed by atoms with Crippen LogP contribution in [0.25, 0.3) is 0 Å². The number of nitrogens with one attached hydrogen (secondary N) is 1. The quantitative estimate of drug-likeness (QED) is 0.481. The number of carbonyl (C=O) groups excluding carboxylic acids is 1. The third-order valence-corrected chi connectivity index (χ3v) is 4.66. The molecule has 100 valence electrons. The van der Waals surface area contributed by atoms with Gasteiger partial charge in [0.1, 0.15) is 11.3 Å². The van der Waals surface area contributed by atoms with Crippen molar-refractivity contribution in [2.75, 3.05) is 7.11 Å². The molecule has 0 amide bonds. The molecule has 0 fully saturated rings. The standard InChI is InChI=1S/C11H15INO4P/c1-11(2,10(14)16-3)13-18(12,15)17-9-7-5-4-6-8-9/h4-8H,1-3H3,(H,13,15). The van der Waals surface area contributed by atoms with Gasteiger partial charge in [-0.15, -0.1) is 0 Å². The Balaban J connectivity index is 2.77. The zero-order valence-electron chi connectivity index (χ0n) is 10.3. The second-order valence-electron chi connectivity index (χ2n) is 4.11. The van der Waals surface area contributed by atoms with Crippen molar-refractivity contribution in [1.29, 1.82) is 0 Å². The van der Waals surface area contributed by atoms with Gasteiger partial charge in [0.2, 0.25) is 0 Å². The molecule has 7 heteroatoms. The maximum atomic E-state index is 12.3. The Kier molecular flexibility index (Phi) is 5.19. The smallest absolute Gasteiger partial charge is 0.375 e. The molecule has 1 aromatic rings. The predicted molar refractivity (Wildman–Crippen MR) is 77.9 cm³/mol. The van der Waals surface area contributed by atoms with E-state index in [1.807, 2.05) is 6.07 Å². The van der Waals surface area contributed by atoms with Crippen LogP contribution in [0.2, 0.25) is 0 Å². The van der Waals surface area contributed by atoms with Crippen molar-refractivity contribution in [2.45, 2.75) is 19.4 Å². The fraction of sp³-hybridized carbons (Fsp3) is 0.364. The van der Waals surface area contributed by atoms with Crippen LogP contribution >= 0.6 is 27.2 Å². The molecule has 0 spiro atoms. The molecular formula is C11H15INO4P. The third-order valence-electron chi connectivity index (χ3n) is 2.07. The maximum Gasteiger partial charge on any atom is 0.375 e. The third kappa shape index (κ3) is 4.59. The minimum absolute atomic E-state index is 0.475. The highest BCUT2D eigenvalue weighted by Gasteiger charge is 2.36. The van der Waals surface area contributed by atoms with Crippen molar-refractivity contribution in [3.63, 3.8) is 0 Å². The molecule has 0 aliphatic heterocycles. The first kappa shape index (κ1) is 15.5. The van der Waals surface area contributed by atoms with Crippen LogP contribution in [0.1, 0.15) is 13.8 Å². The van der Waals surface area contributed by atoms with Gasteiger partial charge in [-0.2, -0.15) is 0 Å². The van der Waals surface area contributed by atoms with Crippen LogP contribution in [0.3, 0.4) is 0 Å². The topological polar surface area (TPSA) is 64.6 Å². The van der Waals surface area contributed by atoms with Crippen molar-refractivity contribution in [3.8, 4) is 5.75 Å². The molecule has 1 atom stereocenters. The average molecular weight is 383 g/mol. The summed E-state index contributed by atoms with van der Waals surface area (Å²) < 4.78 is 22.3. The van der Waals surface area contributed by atoms with Gasteiger partial charge < -0.3 is 9.26 Å². The molecule has 1 rings (SSSR count). The summed E-state index contributed by atoms with van der Waals surface area (Å²) in [5.74, 6) is -0.0283. The number of para-hydroxylation sites is 1. The molecule has 0 aliphatic carbocycles. The van der Waals surface area contributed by atoms with E-state index < -0.39 is 16.7 Å². The fourth-order valence-corrected chi connectivity index (χ4v) is 4.96. The Labute approximate surface area is 119 Å². The van der Waals surface area contributed by atoms with E-state index in [0.29, 0.717) is 5.75 Å². The molecule has 0 saturated heterocycles. The van der Waals surface area contributed by atoms with Gasteiger partial charge in [-0.1, -0.05) is 18.2 Å². The highest BCUT2D eigenvalue weighted by Crippen LogP contribution is 2.53. The number of halogens is 1. The van der Waals surface area contributed by atoms with Crippen LogP contribution in [0.15, 0.2) is 30.3 Å². The Bertz CT molecular complexity index is 463. The first-order valence-corrected chi connectivity index (χ1v) is 9.60. The predicted octanol–water partition coefficient (Wildman–Crippen LogP) is 3.15. The van der Waals surface area contributed by atoms with Crippen LogP contribution in [0, 0.1) is 0 Å². The Hall–Kier alpha value is -0.590. The van der Waals surface area contributed by atoms with Crippen molar-refractivity contribution >= 4 is 33.2 Å². The zero-order valence-corrected chi connectivity index (χ0v) is 13.4. The molecule has 1 aromatic carbocycles. The molecule has 0 heterocycles. The minimum Gasteiger partial charge on any atom is -0.468 e.